The molecule has 0 aliphatic carbocycles. The van der Waals surface area contributed by atoms with Crippen LogP contribution >= 0.6 is 11.3 Å². The maximum atomic E-state index is 5.54. The molecule has 1 nitrogen and oxygen atoms in total. The van der Waals surface area contributed by atoms with Gasteiger partial charge in [-0.2, -0.15) is 0 Å². The Morgan fingerprint density at radius 3 is 2.55 bits per heavy atom. The summed E-state index contributed by atoms with van der Waals surface area (Å²) in [4.78, 5) is 1.40. The van der Waals surface area contributed by atoms with Gasteiger partial charge in [0.15, 0.2) is 0 Å². The Morgan fingerprint density at radius 1 is 1.55 bits per heavy atom. The molecule has 0 radical (unpaired) electrons. The highest BCUT2D eigenvalue weighted by atomic mass is 32.1. The average molecular weight is 168 g/mol. The zero-order valence-electron chi connectivity index (χ0n) is 7.05. The normalized spacial score (nSPS) is 27.0. The van der Waals surface area contributed by atoms with Crippen molar-refractivity contribution in [3.8, 4) is 0 Å². The van der Waals surface area contributed by atoms with Gasteiger partial charge in [0.2, 0.25) is 0 Å². The van der Waals surface area contributed by atoms with Crippen molar-refractivity contribution in [2.24, 2.45) is 0 Å². The first-order chi connectivity index (χ1) is 5.11. The van der Waals surface area contributed by atoms with Crippen molar-refractivity contribution in [3.05, 3.63) is 21.9 Å². The summed E-state index contributed by atoms with van der Waals surface area (Å²) < 4.78 is 5.54. The lowest BCUT2D eigenvalue weighted by Crippen LogP contribution is -1.96. The fourth-order valence-electron chi connectivity index (χ4n) is 1.29. The van der Waals surface area contributed by atoms with Crippen LogP contribution in [0.25, 0.3) is 0 Å². The van der Waals surface area contributed by atoms with Gasteiger partial charge < -0.3 is 4.74 Å². The highest BCUT2D eigenvalue weighted by Crippen LogP contribution is 2.51. The van der Waals surface area contributed by atoms with Crippen LogP contribution in [-0.4, -0.2) is 5.60 Å². The minimum atomic E-state index is 0.0929. The fourth-order valence-corrected chi connectivity index (χ4v) is 2.42. The van der Waals surface area contributed by atoms with E-state index in [1.165, 1.54) is 10.4 Å². The predicted molar refractivity (Wildman–Crippen MR) is 47.0 cm³/mol. The van der Waals surface area contributed by atoms with Gasteiger partial charge in [-0.25, -0.2) is 0 Å². The lowest BCUT2D eigenvalue weighted by Gasteiger charge is -1.94. The van der Waals surface area contributed by atoms with Crippen molar-refractivity contribution in [1.29, 1.82) is 0 Å². The van der Waals surface area contributed by atoms with Crippen LogP contribution in [0.15, 0.2) is 11.4 Å². The summed E-state index contributed by atoms with van der Waals surface area (Å²) in [6.07, 6.45) is 0.363. The minimum absolute atomic E-state index is 0.0929. The van der Waals surface area contributed by atoms with E-state index in [-0.39, 0.29) is 5.60 Å². The summed E-state index contributed by atoms with van der Waals surface area (Å²) >= 11 is 1.80. The molecule has 1 aromatic rings. The number of hydrogen-bond donors (Lipinski definition) is 0. The number of aryl methyl sites for hydroxylation is 1. The van der Waals surface area contributed by atoms with Crippen molar-refractivity contribution in [3.63, 3.8) is 0 Å². The molecule has 2 heterocycles. The maximum Gasteiger partial charge on any atom is 0.121 e. The highest BCUT2D eigenvalue weighted by Gasteiger charge is 2.49. The topological polar surface area (TPSA) is 12.5 Å². The third-order valence-corrected chi connectivity index (χ3v) is 3.20. The van der Waals surface area contributed by atoms with Gasteiger partial charge in [0.25, 0.3) is 0 Å². The van der Waals surface area contributed by atoms with E-state index >= 15 is 0 Å². The standard InChI is InChI=1S/C9H12OS/c1-6-4-5-11-7(6)8-9(2,3)10-8/h4-5,8H,1-3H3. The molecule has 0 bridgehead atoms. The number of hydrogen-bond acceptors (Lipinski definition) is 2. The summed E-state index contributed by atoms with van der Waals surface area (Å²) in [6.45, 7) is 6.41. The third kappa shape index (κ3) is 1.10. The zero-order chi connectivity index (χ0) is 8.06. The van der Waals surface area contributed by atoms with Gasteiger partial charge in [-0.15, -0.1) is 11.3 Å². The zero-order valence-corrected chi connectivity index (χ0v) is 7.87. The summed E-state index contributed by atoms with van der Waals surface area (Å²) in [6, 6.07) is 2.15. The molecular weight excluding hydrogens is 156 g/mol. The lowest BCUT2D eigenvalue weighted by atomic mass is 10.1. The van der Waals surface area contributed by atoms with Crippen LogP contribution < -0.4 is 0 Å². The van der Waals surface area contributed by atoms with Crippen LogP contribution in [0.4, 0.5) is 0 Å². The van der Waals surface area contributed by atoms with Crippen molar-refractivity contribution in [1.82, 2.24) is 0 Å². The Morgan fingerprint density at radius 2 is 2.18 bits per heavy atom. The summed E-state index contributed by atoms with van der Waals surface area (Å²) in [5.74, 6) is 0. The van der Waals surface area contributed by atoms with Crippen LogP contribution in [0.2, 0.25) is 0 Å². The number of rotatable bonds is 1. The molecule has 1 aliphatic rings. The molecule has 1 fully saturated rings. The first-order valence-electron chi connectivity index (χ1n) is 3.83. The predicted octanol–water partition coefficient (Wildman–Crippen LogP) is 2.91. The molecule has 1 atom stereocenters. The van der Waals surface area contributed by atoms with Gasteiger partial charge in [0, 0.05) is 4.88 Å². The molecule has 0 amide bonds. The highest BCUT2D eigenvalue weighted by molar-refractivity contribution is 7.10. The SMILES string of the molecule is Cc1ccsc1C1OC1(C)C. The van der Waals surface area contributed by atoms with E-state index in [1.54, 1.807) is 11.3 Å². The Kier molecular flexibility index (Phi) is 1.38. The molecule has 2 rings (SSSR count). The number of ether oxygens (including phenoxy) is 1. The van der Waals surface area contributed by atoms with Gasteiger partial charge in [-0.3, -0.25) is 0 Å². The average Bonchev–Trinajstić information content (AvgIpc) is 2.38. The molecular formula is C9H12OS. The van der Waals surface area contributed by atoms with E-state index in [1.807, 2.05) is 0 Å². The fraction of sp³-hybridized carbons (Fsp3) is 0.556. The summed E-state index contributed by atoms with van der Waals surface area (Å²) in [7, 11) is 0. The van der Waals surface area contributed by atoms with Crippen LogP contribution in [0.3, 0.4) is 0 Å². The van der Waals surface area contributed by atoms with E-state index in [0.717, 1.165) is 0 Å². The number of epoxide rings is 1. The van der Waals surface area contributed by atoms with Crippen LogP contribution in [0, 0.1) is 6.92 Å². The van der Waals surface area contributed by atoms with Crippen molar-refractivity contribution >= 4 is 11.3 Å². The number of thiophene rings is 1. The molecule has 1 unspecified atom stereocenters. The molecule has 0 saturated carbocycles. The van der Waals surface area contributed by atoms with Crippen LogP contribution in [0.1, 0.15) is 30.4 Å². The van der Waals surface area contributed by atoms with Gasteiger partial charge in [0.1, 0.15) is 6.10 Å². The van der Waals surface area contributed by atoms with E-state index in [2.05, 4.69) is 32.2 Å². The molecule has 1 aromatic heterocycles. The monoisotopic (exact) mass is 168 g/mol. The van der Waals surface area contributed by atoms with Gasteiger partial charge in [-0.1, -0.05) is 0 Å². The molecule has 1 saturated heterocycles. The largest absolute Gasteiger partial charge is 0.361 e. The first-order valence-corrected chi connectivity index (χ1v) is 4.71. The van der Waals surface area contributed by atoms with E-state index in [9.17, 15) is 0 Å². The van der Waals surface area contributed by atoms with Gasteiger partial charge >= 0.3 is 0 Å². The van der Waals surface area contributed by atoms with Gasteiger partial charge in [-0.05, 0) is 37.8 Å². The molecule has 0 spiro atoms. The molecule has 11 heavy (non-hydrogen) atoms. The van der Waals surface area contributed by atoms with E-state index in [4.69, 9.17) is 4.74 Å². The third-order valence-electron chi connectivity index (χ3n) is 2.14. The molecule has 1 aliphatic heterocycles. The quantitative estimate of drug-likeness (QED) is 0.587. The summed E-state index contributed by atoms with van der Waals surface area (Å²) in [5, 5.41) is 2.13. The van der Waals surface area contributed by atoms with Crippen molar-refractivity contribution in [2.75, 3.05) is 0 Å². The molecule has 0 aromatic carbocycles. The Hall–Kier alpha value is -0.340. The smallest absolute Gasteiger partial charge is 0.121 e. The minimum Gasteiger partial charge on any atom is -0.361 e. The van der Waals surface area contributed by atoms with Crippen LogP contribution in [-0.2, 0) is 4.74 Å². The molecule has 2 heteroatoms. The molecule has 60 valence electrons. The van der Waals surface area contributed by atoms with E-state index in [0.29, 0.717) is 6.10 Å². The van der Waals surface area contributed by atoms with Gasteiger partial charge in [0.05, 0.1) is 5.60 Å². The Bertz CT molecular complexity index is 275. The Balaban J connectivity index is 2.27. The summed E-state index contributed by atoms with van der Waals surface area (Å²) in [5.41, 5.74) is 1.46. The Labute approximate surface area is 71.0 Å². The maximum absolute atomic E-state index is 5.54. The second kappa shape index (κ2) is 2.08. The van der Waals surface area contributed by atoms with Crippen molar-refractivity contribution in [2.45, 2.75) is 32.5 Å². The lowest BCUT2D eigenvalue weighted by molar-refractivity contribution is 0.326. The first kappa shape index (κ1) is 7.32. The van der Waals surface area contributed by atoms with Crippen molar-refractivity contribution < 1.29 is 4.74 Å². The van der Waals surface area contributed by atoms with Crippen LogP contribution in [0.5, 0.6) is 0 Å². The second-order valence-corrected chi connectivity index (χ2v) is 4.52. The molecule has 0 N–H and O–H groups in total. The second-order valence-electron chi connectivity index (χ2n) is 3.57. The van der Waals surface area contributed by atoms with E-state index < -0.39 is 0 Å².